The van der Waals surface area contributed by atoms with E-state index in [2.05, 4.69) is 23.6 Å². The van der Waals surface area contributed by atoms with E-state index in [1.807, 2.05) is 48.8 Å². The molecule has 0 N–H and O–H groups in total. The largest absolute Gasteiger partial charge is 0.468 e. The Labute approximate surface area is 166 Å². The summed E-state index contributed by atoms with van der Waals surface area (Å²) in [6, 6.07) is 11.8. The fourth-order valence-corrected chi connectivity index (χ4v) is 2.60. The predicted octanol–water partition coefficient (Wildman–Crippen LogP) is 2.71. The lowest BCUT2D eigenvalue weighted by Gasteiger charge is -2.22. The van der Waals surface area contributed by atoms with Crippen LogP contribution in [-0.2, 0) is 25.6 Å². The van der Waals surface area contributed by atoms with Crippen molar-refractivity contribution in [3.8, 4) is 0 Å². The van der Waals surface area contributed by atoms with Crippen LogP contribution in [0.4, 0.5) is 5.69 Å². The standard InChI is InChI=1S/C22H27N2O4/c1-4-23-14-12-19(13-15-23)7-6-18-8-10-20(11-9-18)24(16-21(25)27-3)17-22(26)28-5-2/h6-15H,4-5,16-17H2,1-3H3/q+1. The number of hydrogen-bond donors (Lipinski definition) is 0. The van der Waals surface area contributed by atoms with Gasteiger partial charge in [0.25, 0.3) is 0 Å². The topological polar surface area (TPSA) is 59.7 Å². The van der Waals surface area contributed by atoms with E-state index in [4.69, 9.17) is 9.47 Å². The maximum absolute atomic E-state index is 11.8. The second-order valence-electron chi connectivity index (χ2n) is 6.12. The van der Waals surface area contributed by atoms with E-state index < -0.39 is 5.97 Å². The first-order valence-corrected chi connectivity index (χ1v) is 9.30. The van der Waals surface area contributed by atoms with Gasteiger partial charge in [-0.1, -0.05) is 24.3 Å². The van der Waals surface area contributed by atoms with Gasteiger partial charge in [0.2, 0.25) is 0 Å². The summed E-state index contributed by atoms with van der Waals surface area (Å²) in [7, 11) is 1.32. The van der Waals surface area contributed by atoms with E-state index >= 15 is 0 Å². The van der Waals surface area contributed by atoms with Crippen molar-refractivity contribution >= 4 is 29.8 Å². The lowest BCUT2D eigenvalue weighted by molar-refractivity contribution is -0.693. The van der Waals surface area contributed by atoms with Crippen LogP contribution in [0.2, 0.25) is 0 Å². The number of ether oxygens (including phenoxy) is 2. The average Bonchev–Trinajstić information content (AvgIpc) is 2.72. The van der Waals surface area contributed by atoms with E-state index in [9.17, 15) is 9.59 Å². The third-order valence-corrected chi connectivity index (χ3v) is 4.18. The zero-order valence-electron chi connectivity index (χ0n) is 16.6. The number of carbonyl (C=O) groups excluding carboxylic acids is 2. The Morgan fingerprint density at radius 1 is 0.929 bits per heavy atom. The van der Waals surface area contributed by atoms with Crippen LogP contribution in [0.15, 0.2) is 48.8 Å². The van der Waals surface area contributed by atoms with Gasteiger partial charge in [-0.05, 0) is 37.1 Å². The van der Waals surface area contributed by atoms with Gasteiger partial charge in [0.05, 0.1) is 13.7 Å². The number of aromatic nitrogens is 1. The van der Waals surface area contributed by atoms with Gasteiger partial charge in [0.15, 0.2) is 12.4 Å². The minimum absolute atomic E-state index is 0.0143. The van der Waals surface area contributed by atoms with Gasteiger partial charge >= 0.3 is 11.9 Å². The quantitative estimate of drug-likeness (QED) is 0.492. The molecular weight excluding hydrogens is 356 g/mol. The summed E-state index contributed by atoms with van der Waals surface area (Å²) in [6.45, 7) is 5.05. The van der Waals surface area contributed by atoms with Gasteiger partial charge in [0.1, 0.15) is 19.6 Å². The normalized spacial score (nSPS) is 10.7. The van der Waals surface area contributed by atoms with Crippen molar-refractivity contribution in [1.29, 1.82) is 0 Å². The highest BCUT2D eigenvalue weighted by molar-refractivity contribution is 5.81. The van der Waals surface area contributed by atoms with Gasteiger partial charge in [-0.25, -0.2) is 4.57 Å². The van der Waals surface area contributed by atoms with Crippen molar-refractivity contribution in [3.05, 3.63) is 59.9 Å². The molecule has 1 heterocycles. The highest BCUT2D eigenvalue weighted by Gasteiger charge is 2.16. The third-order valence-electron chi connectivity index (χ3n) is 4.18. The molecule has 2 rings (SSSR count). The van der Waals surface area contributed by atoms with Crippen molar-refractivity contribution in [1.82, 2.24) is 0 Å². The molecule has 0 fully saturated rings. The predicted molar refractivity (Wildman–Crippen MR) is 109 cm³/mol. The van der Waals surface area contributed by atoms with Crippen molar-refractivity contribution in [2.75, 3.05) is 31.7 Å². The Morgan fingerprint density at radius 3 is 2.04 bits per heavy atom. The van der Waals surface area contributed by atoms with E-state index in [1.165, 1.54) is 7.11 Å². The lowest BCUT2D eigenvalue weighted by Crippen LogP contribution is -2.35. The number of methoxy groups -OCH3 is 1. The van der Waals surface area contributed by atoms with E-state index in [0.717, 1.165) is 23.4 Å². The first-order chi connectivity index (χ1) is 13.5. The highest BCUT2D eigenvalue weighted by atomic mass is 16.5. The summed E-state index contributed by atoms with van der Waals surface area (Å²) < 4.78 is 11.8. The fourth-order valence-electron chi connectivity index (χ4n) is 2.60. The van der Waals surface area contributed by atoms with Crippen LogP contribution in [0.1, 0.15) is 25.0 Å². The number of esters is 2. The van der Waals surface area contributed by atoms with Crippen LogP contribution in [-0.4, -0.2) is 38.7 Å². The molecule has 0 amide bonds. The van der Waals surface area contributed by atoms with Crippen molar-refractivity contribution < 1.29 is 23.6 Å². The van der Waals surface area contributed by atoms with Crippen LogP contribution in [0.5, 0.6) is 0 Å². The van der Waals surface area contributed by atoms with E-state index in [0.29, 0.717) is 6.61 Å². The minimum atomic E-state index is -0.415. The minimum Gasteiger partial charge on any atom is -0.468 e. The maximum Gasteiger partial charge on any atom is 0.325 e. The second kappa shape index (κ2) is 10.9. The summed E-state index contributed by atoms with van der Waals surface area (Å²) in [4.78, 5) is 25.2. The third kappa shape index (κ3) is 6.54. The molecule has 6 heteroatoms. The van der Waals surface area contributed by atoms with E-state index in [1.54, 1.807) is 11.8 Å². The van der Waals surface area contributed by atoms with Crippen LogP contribution in [0, 0.1) is 0 Å². The van der Waals surface area contributed by atoms with Crippen molar-refractivity contribution in [2.24, 2.45) is 0 Å². The summed E-state index contributed by atoms with van der Waals surface area (Å²) in [5, 5.41) is 0. The molecule has 0 spiro atoms. The molecule has 0 aliphatic carbocycles. The number of benzene rings is 1. The summed E-state index contributed by atoms with van der Waals surface area (Å²) in [5.74, 6) is -0.801. The summed E-state index contributed by atoms with van der Waals surface area (Å²) in [5.41, 5.74) is 2.88. The zero-order valence-corrected chi connectivity index (χ0v) is 16.6. The Bertz CT molecular complexity index is 798. The Kier molecular flexibility index (Phi) is 8.21. The molecule has 0 aliphatic rings. The van der Waals surface area contributed by atoms with Gasteiger partial charge < -0.3 is 14.4 Å². The van der Waals surface area contributed by atoms with Gasteiger partial charge in [0, 0.05) is 17.8 Å². The number of pyridine rings is 1. The molecule has 2 aromatic rings. The van der Waals surface area contributed by atoms with Crippen molar-refractivity contribution in [2.45, 2.75) is 20.4 Å². The molecule has 148 valence electrons. The molecule has 0 saturated heterocycles. The molecule has 1 aromatic carbocycles. The van der Waals surface area contributed by atoms with Crippen molar-refractivity contribution in [3.63, 3.8) is 0 Å². The van der Waals surface area contributed by atoms with Crippen LogP contribution in [0.3, 0.4) is 0 Å². The first-order valence-electron chi connectivity index (χ1n) is 9.30. The van der Waals surface area contributed by atoms with Gasteiger partial charge in [-0.15, -0.1) is 0 Å². The molecule has 0 atom stereocenters. The summed E-state index contributed by atoms with van der Waals surface area (Å²) in [6.07, 6.45) is 8.15. The number of rotatable bonds is 9. The molecule has 1 aromatic heterocycles. The number of carbonyl (C=O) groups is 2. The molecule has 0 aliphatic heterocycles. The SMILES string of the molecule is CCOC(=O)CN(CC(=O)OC)c1ccc(/C=C/c2cc[n+](CC)cc2)cc1. The van der Waals surface area contributed by atoms with Crippen LogP contribution < -0.4 is 9.47 Å². The molecule has 28 heavy (non-hydrogen) atoms. The molecule has 0 bridgehead atoms. The van der Waals surface area contributed by atoms with Crippen LogP contribution in [0.25, 0.3) is 12.2 Å². The number of hydrogen-bond acceptors (Lipinski definition) is 5. The summed E-state index contributed by atoms with van der Waals surface area (Å²) >= 11 is 0. The maximum atomic E-state index is 11.8. The Balaban J connectivity index is 2.10. The number of aryl methyl sites for hydroxylation is 1. The number of nitrogens with zero attached hydrogens (tertiary/aromatic N) is 2. The fraction of sp³-hybridized carbons (Fsp3) is 0.318. The molecule has 0 unspecified atom stereocenters. The smallest absolute Gasteiger partial charge is 0.325 e. The average molecular weight is 383 g/mol. The van der Waals surface area contributed by atoms with Gasteiger partial charge in [-0.3, -0.25) is 9.59 Å². The highest BCUT2D eigenvalue weighted by Crippen LogP contribution is 2.17. The van der Waals surface area contributed by atoms with E-state index in [-0.39, 0.29) is 19.1 Å². The van der Waals surface area contributed by atoms with Crippen LogP contribution >= 0.6 is 0 Å². The zero-order chi connectivity index (χ0) is 20.4. The van der Waals surface area contributed by atoms with Gasteiger partial charge in [-0.2, -0.15) is 0 Å². The first kappa shape index (κ1) is 21.2. The molecule has 0 saturated carbocycles. The molecular formula is C22H27N2O4+. The number of anilines is 1. The Morgan fingerprint density at radius 2 is 1.50 bits per heavy atom. The lowest BCUT2D eigenvalue weighted by atomic mass is 10.1. The Hall–Kier alpha value is -3.15. The second-order valence-corrected chi connectivity index (χ2v) is 6.12. The molecule has 6 nitrogen and oxygen atoms in total. The monoisotopic (exact) mass is 383 g/mol. The molecule has 0 radical (unpaired) electrons.